The predicted octanol–water partition coefficient (Wildman–Crippen LogP) is 2.58. The number of aliphatic hydroxyl groups is 1. The Bertz CT molecular complexity index is 187. The first-order chi connectivity index (χ1) is 4.79. The van der Waals surface area contributed by atoms with Crippen molar-refractivity contribution < 1.29 is 5.11 Å². The van der Waals surface area contributed by atoms with E-state index in [0.717, 1.165) is 6.42 Å². The quantitative estimate of drug-likeness (QED) is 0.542. The summed E-state index contributed by atoms with van der Waals surface area (Å²) in [7, 11) is 0. The zero-order valence-corrected chi connectivity index (χ0v) is 6.12. The van der Waals surface area contributed by atoms with Gasteiger partial charge in [0.05, 0.1) is 5.76 Å². The Kier molecular flexibility index (Phi) is 2.32. The van der Waals surface area contributed by atoms with Gasteiger partial charge in [0.1, 0.15) is 0 Å². The Morgan fingerprint density at radius 2 is 2.20 bits per heavy atom. The van der Waals surface area contributed by atoms with Crippen LogP contribution >= 0.6 is 0 Å². The van der Waals surface area contributed by atoms with Gasteiger partial charge in [0, 0.05) is 6.42 Å². The van der Waals surface area contributed by atoms with Gasteiger partial charge in [-0.1, -0.05) is 31.2 Å². The molecule has 1 heteroatoms. The molecule has 0 fully saturated rings. The van der Waals surface area contributed by atoms with Gasteiger partial charge >= 0.3 is 0 Å². The Morgan fingerprint density at radius 3 is 3.00 bits per heavy atom. The molecule has 0 aromatic rings. The lowest BCUT2D eigenvalue weighted by Gasteiger charge is -2.05. The Morgan fingerprint density at radius 1 is 1.40 bits per heavy atom. The van der Waals surface area contributed by atoms with Gasteiger partial charge in [0.25, 0.3) is 0 Å². The summed E-state index contributed by atoms with van der Waals surface area (Å²) in [6.45, 7) is 2.08. The molecule has 0 radical (unpaired) electrons. The molecule has 0 spiro atoms. The normalized spacial score (nSPS) is 31.7. The van der Waals surface area contributed by atoms with E-state index in [-0.39, 0.29) is 0 Å². The lowest BCUT2D eigenvalue weighted by molar-refractivity contribution is 0.372. The third-order valence-corrected chi connectivity index (χ3v) is 1.48. The van der Waals surface area contributed by atoms with E-state index < -0.39 is 0 Å². The van der Waals surface area contributed by atoms with Crippen LogP contribution in [0.3, 0.4) is 0 Å². The molecule has 0 bridgehead atoms. The third-order valence-electron chi connectivity index (χ3n) is 1.48. The summed E-state index contributed by atoms with van der Waals surface area (Å²) in [5, 5.41) is 9.16. The zero-order chi connectivity index (χ0) is 7.40. The van der Waals surface area contributed by atoms with Gasteiger partial charge in [0.2, 0.25) is 0 Å². The first kappa shape index (κ1) is 7.13. The molecule has 1 unspecified atom stereocenters. The topological polar surface area (TPSA) is 20.2 Å². The van der Waals surface area contributed by atoms with Crippen LogP contribution in [0, 0.1) is 5.92 Å². The van der Waals surface area contributed by atoms with Crippen molar-refractivity contribution in [1.29, 1.82) is 0 Å². The van der Waals surface area contributed by atoms with Crippen LogP contribution in [0.4, 0.5) is 0 Å². The largest absolute Gasteiger partial charge is 0.512 e. The van der Waals surface area contributed by atoms with E-state index in [0.29, 0.717) is 11.7 Å². The van der Waals surface area contributed by atoms with Crippen molar-refractivity contribution in [1.82, 2.24) is 0 Å². The maximum absolute atomic E-state index is 9.16. The summed E-state index contributed by atoms with van der Waals surface area (Å²) in [5.74, 6) is 0.911. The van der Waals surface area contributed by atoms with Gasteiger partial charge in [-0.05, 0) is 12.0 Å². The minimum absolute atomic E-state index is 0.446. The van der Waals surface area contributed by atoms with E-state index >= 15 is 0 Å². The van der Waals surface area contributed by atoms with Crippen LogP contribution in [0.25, 0.3) is 0 Å². The molecule has 1 aliphatic carbocycles. The van der Waals surface area contributed by atoms with Crippen LogP contribution in [0.2, 0.25) is 0 Å². The van der Waals surface area contributed by atoms with E-state index in [1.54, 1.807) is 6.08 Å². The van der Waals surface area contributed by atoms with E-state index in [9.17, 15) is 0 Å². The van der Waals surface area contributed by atoms with E-state index in [1.807, 2.05) is 18.2 Å². The summed E-state index contributed by atoms with van der Waals surface area (Å²) in [5.41, 5.74) is 0. The van der Waals surface area contributed by atoms with Crippen LogP contribution in [-0.4, -0.2) is 5.11 Å². The highest BCUT2D eigenvalue weighted by atomic mass is 16.3. The van der Waals surface area contributed by atoms with Crippen molar-refractivity contribution in [3.63, 3.8) is 0 Å². The Labute approximate surface area is 61.4 Å². The molecule has 0 saturated carbocycles. The van der Waals surface area contributed by atoms with Crippen molar-refractivity contribution in [2.75, 3.05) is 0 Å². The highest BCUT2D eigenvalue weighted by molar-refractivity contribution is 5.17. The van der Waals surface area contributed by atoms with Crippen molar-refractivity contribution >= 4 is 0 Å². The molecule has 0 aromatic heterocycles. The second kappa shape index (κ2) is 3.25. The number of rotatable bonds is 0. The lowest BCUT2D eigenvalue weighted by atomic mass is 10.0. The number of aliphatic hydroxyl groups excluding tert-OH is 1. The number of allylic oxidation sites excluding steroid dienone is 6. The van der Waals surface area contributed by atoms with E-state index in [1.165, 1.54) is 0 Å². The molecule has 0 amide bonds. The molecule has 0 aromatic carbocycles. The highest BCUT2D eigenvalue weighted by Gasteiger charge is 2.00. The summed E-state index contributed by atoms with van der Waals surface area (Å²) in [6, 6.07) is 0. The maximum atomic E-state index is 9.16. The fourth-order valence-electron chi connectivity index (χ4n) is 0.951. The van der Waals surface area contributed by atoms with Crippen LogP contribution in [-0.2, 0) is 0 Å². The zero-order valence-electron chi connectivity index (χ0n) is 6.12. The van der Waals surface area contributed by atoms with Crippen LogP contribution < -0.4 is 0 Å². The molecule has 0 aliphatic heterocycles. The second-order valence-electron chi connectivity index (χ2n) is 2.61. The van der Waals surface area contributed by atoms with Crippen molar-refractivity contribution in [3.05, 3.63) is 36.1 Å². The average molecular weight is 136 g/mol. The molecule has 1 rings (SSSR count). The van der Waals surface area contributed by atoms with Crippen molar-refractivity contribution in [2.24, 2.45) is 5.92 Å². The summed E-state index contributed by atoms with van der Waals surface area (Å²) >= 11 is 0. The molecule has 1 aliphatic rings. The minimum Gasteiger partial charge on any atom is -0.512 e. The fourth-order valence-corrected chi connectivity index (χ4v) is 0.951. The average Bonchev–Trinajstić information content (AvgIpc) is 1.83. The van der Waals surface area contributed by atoms with Gasteiger partial charge in [-0.25, -0.2) is 0 Å². The minimum atomic E-state index is 0.446. The molecule has 1 atom stereocenters. The van der Waals surface area contributed by atoms with Gasteiger partial charge < -0.3 is 5.11 Å². The third kappa shape index (κ3) is 2.09. The number of hydrogen-bond acceptors (Lipinski definition) is 1. The lowest BCUT2D eigenvalue weighted by Crippen LogP contribution is -1.93. The predicted molar refractivity (Wildman–Crippen MR) is 42.8 cm³/mol. The molecule has 10 heavy (non-hydrogen) atoms. The molecule has 1 N–H and O–H groups in total. The van der Waals surface area contributed by atoms with Crippen LogP contribution in [0.1, 0.15) is 13.3 Å². The second-order valence-corrected chi connectivity index (χ2v) is 2.61. The first-order valence-electron chi connectivity index (χ1n) is 3.52. The maximum Gasteiger partial charge on any atom is 0.0928 e. The van der Waals surface area contributed by atoms with E-state index in [2.05, 4.69) is 13.0 Å². The molecular weight excluding hydrogens is 124 g/mol. The van der Waals surface area contributed by atoms with Crippen LogP contribution in [0.15, 0.2) is 36.1 Å². The van der Waals surface area contributed by atoms with Crippen LogP contribution in [0.5, 0.6) is 0 Å². The van der Waals surface area contributed by atoms with Crippen molar-refractivity contribution in [2.45, 2.75) is 13.3 Å². The highest BCUT2D eigenvalue weighted by Crippen LogP contribution is 2.11. The molecule has 0 saturated heterocycles. The molecular formula is C9H12O. The fraction of sp³-hybridized carbons (Fsp3) is 0.333. The summed E-state index contributed by atoms with van der Waals surface area (Å²) in [6.07, 6.45) is 10.3. The standard InChI is InChI=1S/C9H12O/c1-8-5-3-2-4-6-9(10)7-8/h2-6,8,10H,7H2,1H3/b4-2-,5-3-,9-6?. The molecule has 54 valence electrons. The SMILES string of the molecule is CC1/C=C\C=C/C=C(O)C1. The molecule has 0 heterocycles. The number of hydrogen-bond donors (Lipinski definition) is 1. The monoisotopic (exact) mass is 136 g/mol. The Balaban J connectivity index is 2.70. The van der Waals surface area contributed by atoms with Gasteiger partial charge in [-0.2, -0.15) is 0 Å². The smallest absolute Gasteiger partial charge is 0.0928 e. The first-order valence-corrected chi connectivity index (χ1v) is 3.52. The summed E-state index contributed by atoms with van der Waals surface area (Å²) < 4.78 is 0. The van der Waals surface area contributed by atoms with Gasteiger partial charge in [-0.15, -0.1) is 0 Å². The van der Waals surface area contributed by atoms with Gasteiger partial charge in [-0.3, -0.25) is 0 Å². The Hall–Kier alpha value is -0.980. The van der Waals surface area contributed by atoms with Gasteiger partial charge in [0.15, 0.2) is 0 Å². The van der Waals surface area contributed by atoms with E-state index in [4.69, 9.17) is 5.11 Å². The summed E-state index contributed by atoms with van der Waals surface area (Å²) in [4.78, 5) is 0. The molecule has 1 nitrogen and oxygen atoms in total. The van der Waals surface area contributed by atoms with Crippen molar-refractivity contribution in [3.8, 4) is 0 Å².